The normalized spacial score (nSPS) is 12.8. The maximum Gasteiger partial charge on any atom is 0.246 e. The van der Waals surface area contributed by atoms with Crippen molar-refractivity contribution in [2.75, 3.05) is 25.1 Å². The van der Waals surface area contributed by atoms with Crippen LogP contribution in [0.15, 0.2) is 53.4 Å². The fraction of sp³-hybridized carbons (Fsp3) is 0.385. The Hall–Kier alpha value is -3.42. The molecular formula is C26H33ClN6O5SSi. The molecule has 0 radical (unpaired) electrons. The molecule has 0 spiro atoms. The smallest absolute Gasteiger partial charge is 0.246 e. The van der Waals surface area contributed by atoms with Crippen LogP contribution in [0, 0.1) is 0 Å². The molecule has 4 aromatic rings. The average Bonchev–Trinajstić information content (AvgIpc) is 3.59. The number of nitrogens with zero attached hydrogens (tertiary/aromatic N) is 6. The standard InChI is InChI=1S/C26H33ClN6O5SSi/c1-18(15-23-28-16-19(27)17-29-23)39(34,35)32(12-14-40(4,5)6)26-31-30-25(22-11-8-13-38-22)33(26)24-20(36-2)9-7-10-21(24)37-3/h7-11,13,16-18H,12,14-15H2,1-6H3. The van der Waals surface area contributed by atoms with E-state index in [2.05, 4.69) is 39.8 Å². The number of ether oxygens (including phenoxy) is 2. The number of rotatable bonds is 12. The number of furan rings is 1. The molecule has 0 bridgehead atoms. The zero-order valence-electron chi connectivity index (χ0n) is 23.3. The van der Waals surface area contributed by atoms with Crippen LogP contribution in [0.3, 0.4) is 0 Å². The fourth-order valence-electron chi connectivity index (χ4n) is 4.06. The molecule has 4 rings (SSSR count). The van der Waals surface area contributed by atoms with Gasteiger partial charge in [0.1, 0.15) is 23.0 Å². The Morgan fingerprint density at radius 2 is 1.70 bits per heavy atom. The lowest BCUT2D eigenvalue weighted by atomic mass is 10.2. The Morgan fingerprint density at radius 3 is 2.25 bits per heavy atom. The van der Waals surface area contributed by atoms with Crippen molar-refractivity contribution in [3.63, 3.8) is 0 Å². The van der Waals surface area contributed by atoms with Crippen molar-refractivity contribution in [2.45, 2.75) is 44.3 Å². The fourth-order valence-corrected chi connectivity index (χ4v) is 6.70. The van der Waals surface area contributed by atoms with E-state index >= 15 is 0 Å². The second-order valence-electron chi connectivity index (χ2n) is 10.4. The Morgan fingerprint density at radius 1 is 1.05 bits per heavy atom. The van der Waals surface area contributed by atoms with Crippen LogP contribution in [0.25, 0.3) is 17.3 Å². The highest BCUT2D eigenvalue weighted by Gasteiger charge is 2.36. The van der Waals surface area contributed by atoms with Gasteiger partial charge >= 0.3 is 0 Å². The SMILES string of the molecule is COc1cccc(OC)c1-n1c(-c2ccco2)nnc1N(CC[Si](C)(C)C)S(=O)(=O)C(C)Cc1ncc(Cl)cn1. The topological polar surface area (TPSA) is 125 Å². The minimum absolute atomic E-state index is 0.0834. The second kappa shape index (κ2) is 12.0. The van der Waals surface area contributed by atoms with Crippen LogP contribution in [-0.4, -0.2) is 67.2 Å². The largest absolute Gasteiger partial charge is 0.494 e. The molecule has 0 aliphatic carbocycles. The van der Waals surface area contributed by atoms with Crippen LogP contribution < -0.4 is 13.8 Å². The zero-order valence-corrected chi connectivity index (χ0v) is 25.9. The van der Waals surface area contributed by atoms with E-state index in [0.717, 1.165) is 0 Å². The molecule has 1 aromatic carbocycles. The van der Waals surface area contributed by atoms with Gasteiger partial charge in [-0.15, -0.1) is 10.2 Å². The van der Waals surface area contributed by atoms with E-state index in [0.29, 0.717) is 45.7 Å². The minimum Gasteiger partial charge on any atom is -0.494 e. The van der Waals surface area contributed by atoms with E-state index in [1.807, 2.05) is 0 Å². The molecule has 3 aromatic heterocycles. The predicted octanol–water partition coefficient (Wildman–Crippen LogP) is 5.09. The number of aromatic nitrogens is 5. The van der Waals surface area contributed by atoms with Crippen LogP contribution in [0.5, 0.6) is 11.5 Å². The van der Waals surface area contributed by atoms with Gasteiger partial charge in [0.25, 0.3) is 0 Å². The summed E-state index contributed by atoms with van der Waals surface area (Å²) in [5, 5.41) is 8.31. The summed E-state index contributed by atoms with van der Waals surface area (Å²) in [4.78, 5) is 8.40. The molecule has 0 aliphatic rings. The lowest BCUT2D eigenvalue weighted by molar-refractivity contribution is 0.391. The van der Waals surface area contributed by atoms with Crippen molar-refractivity contribution in [3.05, 3.63) is 59.8 Å². The molecule has 0 fully saturated rings. The van der Waals surface area contributed by atoms with E-state index in [1.165, 1.54) is 37.2 Å². The first kappa shape index (κ1) is 29.6. The molecule has 1 unspecified atom stereocenters. The van der Waals surface area contributed by atoms with Gasteiger partial charge in [0.15, 0.2) is 5.76 Å². The number of para-hydroxylation sites is 1. The van der Waals surface area contributed by atoms with E-state index in [9.17, 15) is 8.42 Å². The summed E-state index contributed by atoms with van der Waals surface area (Å²) in [6.45, 7) is 8.39. The number of sulfonamides is 1. The Bertz CT molecular complexity index is 1520. The summed E-state index contributed by atoms with van der Waals surface area (Å²) < 4.78 is 48.6. The van der Waals surface area contributed by atoms with Gasteiger partial charge in [0.05, 0.1) is 30.8 Å². The molecule has 14 heteroatoms. The molecule has 0 aliphatic heterocycles. The van der Waals surface area contributed by atoms with Crippen molar-refractivity contribution in [3.8, 4) is 28.8 Å². The van der Waals surface area contributed by atoms with Gasteiger partial charge in [-0.3, -0.25) is 4.57 Å². The van der Waals surface area contributed by atoms with Crippen LogP contribution >= 0.6 is 11.6 Å². The highest BCUT2D eigenvalue weighted by atomic mass is 35.5. The lowest BCUT2D eigenvalue weighted by Gasteiger charge is -2.29. The highest BCUT2D eigenvalue weighted by molar-refractivity contribution is 7.93. The maximum atomic E-state index is 14.3. The third-order valence-corrected chi connectivity index (χ3v) is 10.3. The maximum absolute atomic E-state index is 14.3. The second-order valence-corrected chi connectivity index (χ2v) is 18.7. The van der Waals surface area contributed by atoms with Gasteiger partial charge in [-0.1, -0.05) is 37.3 Å². The lowest BCUT2D eigenvalue weighted by Crippen LogP contribution is -2.42. The van der Waals surface area contributed by atoms with Gasteiger partial charge in [0.2, 0.25) is 21.8 Å². The molecule has 0 amide bonds. The number of anilines is 1. The molecule has 40 heavy (non-hydrogen) atoms. The summed E-state index contributed by atoms with van der Waals surface area (Å²) in [7, 11) is -2.64. The van der Waals surface area contributed by atoms with Gasteiger partial charge in [-0.2, -0.15) is 0 Å². The number of hydrogen-bond acceptors (Lipinski definition) is 9. The van der Waals surface area contributed by atoms with Crippen LogP contribution in [0.4, 0.5) is 5.95 Å². The summed E-state index contributed by atoms with van der Waals surface area (Å²) in [6, 6.07) is 9.44. The molecule has 1 atom stereocenters. The number of methoxy groups -OCH3 is 2. The highest BCUT2D eigenvalue weighted by Crippen LogP contribution is 2.39. The van der Waals surface area contributed by atoms with Gasteiger partial charge in [0, 0.05) is 33.4 Å². The molecule has 0 saturated heterocycles. The van der Waals surface area contributed by atoms with Crippen molar-refractivity contribution < 1.29 is 22.3 Å². The third kappa shape index (κ3) is 6.31. The number of benzene rings is 1. The predicted molar refractivity (Wildman–Crippen MR) is 157 cm³/mol. The summed E-state index contributed by atoms with van der Waals surface area (Å²) >= 11 is 5.93. The first-order valence-electron chi connectivity index (χ1n) is 12.6. The van der Waals surface area contributed by atoms with Crippen LogP contribution in [0.2, 0.25) is 30.7 Å². The summed E-state index contributed by atoms with van der Waals surface area (Å²) in [6.07, 6.45) is 4.50. The van der Waals surface area contributed by atoms with Gasteiger partial charge in [-0.25, -0.2) is 22.7 Å². The Labute approximate surface area is 240 Å². The number of hydrogen-bond donors (Lipinski definition) is 0. The average molecular weight is 605 g/mol. The van der Waals surface area contributed by atoms with Gasteiger partial charge < -0.3 is 13.9 Å². The van der Waals surface area contributed by atoms with Crippen molar-refractivity contribution in [1.29, 1.82) is 0 Å². The Balaban J connectivity index is 1.92. The molecule has 0 N–H and O–H groups in total. The monoisotopic (exact) mass is 604 g/mol. The zero-order chi connectivity index (χ0) is 29.1. The first-order chi connectivity index (χ1) is 19.0. The summed E-state index contributed by atoms with van der Waals surface area (Å²) in [5.74, 6) is 2.05. The molecule has 214 valence electrons. The third-order valence-electron chi connectivity index (χ3n) is 6.26. The number of halogens is 1. The molecule has 0 saturated carbocycles. The molecule has 3 heterocycles. The van der Waals surface area contributed by atoms with Crippen molar-refractivity contribution in [2.24, 2.45) is 0 Å². The van der Waals surface area contributed by atoms with E-state index in [4.69, 9.17) is 25.5 Å². The molecular weight excluding hydrogens is 572 g/mol. The van der Waals surface area contributed by atoms with Crippen LogP contribution in [-0.2, 0) is 16.4 Å². The quantitative estimate of drug-likeness (QED) is 0.203. The first-order valence-corrected chi connectivity index (χ1v) is 18.2. The Kier molecular flexibility index (Phi) is 8.85. The van der Waals surface area contributed by atoms with E-state index < -0.39 is 23.3 Å². The van der Waals surface area contributed by atoms with Crippen molar-refractivity contribution in [1.82, 2.24) is 24.7 Å². The summed E-state index contributed by atoms with van der Waals surface area (Å²) in [5.41, 5.74) is 0.445. The van der Waals surface area contributed by atoms with E-state index in [-0.39, 0.29) is 18.9 Å². The van der Waals surface area contributed by atoms with E-state index in [1.54, 1.807) is 41.8 Å². The van der Waals surface area contributed by atoms with Crippen LogP contribution in [0.1, 0.15) is 12.7 Å². The van der Waals surface area contributed by atoms with Crippen molar-refractivity contribution >= 4 is 35.6 Å². The minimum atomic E-state index is -4.00. The molecule has 11 nitrogen and oxygen atoms in total. The van der Waals surface area contributed by atoms with Gasteiger partial charge in [-0.05, 0) is 37.2 Å².